The van der Waals surface area contributed by atoms with E-state index in [-0.39, 0.29) is 0 Å². The van der Waals surface area contributed by atoms with Crippen LogP contribution in [0.5, 0.6) is 0 Å². The van der Waals surface area contributed by atoms with E-state index in [4.69, 9.17) is 0 Å². The Bertz CT molecular complexity index is 477. The van der Waals surface area contributed by atoms with E-state index in [0.717, 1.165) is 24.7 Å². The molecule has 90 valence electrons. The highest BCUT2D eigenvalue weighted by Crippen LogP contribution is 2.07. The largest absolute Gasteiger partial charge is 0.373 e. The Kier molecular flexibility index (Phi) is 3.59. The number of aromatic nitrogens is 3. The molecule has 0 aliphatic carbocycles. The Morgan fingerprint density at radius 1 is 1.29 bits per heavy atom. The van der Waals surface area contributed by atoms with Crippen LogP contribution in [-0.2, 0) is 6.54 Å². The van der Waals surface area contributed by atoms with E-state index in [1.165, 1.54) is 5.56 Å². The fraction of sp³-hybridized carbons (Fsp3) is 0.333. The summed E-state index contributed by atoms with van der Waals surface area (Å²) in [6.07, 6.45) is 3.89. The Hall–Kier alpha value is -2.04. The van der Waals surface area contributed by atoms with Crippen LogP contribution in [0.2, 0.25) is 0 Å². The highest BCUT2D eigenvalue weighted by atomic mass is 15.3. The monoisotopic (exact) mass is 231 g/mol. The van der Waals surface area contributed by atoms with Crippen molar-refractivity contribution in [3.63, 3.8) is 0 Å². The molecule has 0 bridgehead atoms. The highest BCUT2D eigenvalue weighted by molar-refractivity contribution is 5.44. The van der Waals surface area contributed by atoms with Crippen molar-refractivity contribution >= 4 is 11.6 Å². The van der Waals surface area contributed by atoms with Gasteiger partial charge in [-0.15, -0.1) is 0 Å². The van der Waals surface area contributed by atoms with Gasteiger partial charge in [0.15, 0.2) is 0 Å². The third-order valence-corrected chi connectivity index (χ3v) is 2.41. The van der Waals surface area contributed by atoms with Crippen LogP contribution in [0.3, 0.4) is 0 Å². The number of aryl methyl sites for hydroxylation is 1. The van der Waals surface area contributed by atoms with Gasteiger partial charge in [0.25, 0.3) is 0 Å². The molecule has 2 rings (SSSR count). The molecule has 0 saturated heterocycles. The lowest BCUT2D eigenvalue weighted by Crippen LogP contribution is -2.11. The lowest BCUT2D eigenvalue weighted by molar-refractivity contribution is 0.637. The van der Waals surface area contributed by atoms with Crippen molar-refractivity contribution in [3.05, 3.63) is 36.2 Å². The summed E-state index contributed by atoms with van der Waals surface area (Å²) in [5, 5.41) is 10.5. The normalized spacial score (nSPS) is 10.2. The number of nitrogens with one attached hydrogen (secondary N) is 2. The minimum absolute atomic E-state index is 0.807. The molecular formula is C12H17N5. The number of rotatable bonds is 5. The van der Waals surface area contributed by atoms with Crippen LogP contribution in [0.25, 0.3) is 0 Å². The topological polar surface area (TPSA) is 54.8 Å². The number of pyridine rings is 1. The predicted octanol–water partition coefficient (Wildman–Crippen LogP) is 1.74. The van der Waals surface area contributed by atoms with Gasteiger partial charge in [-0.05, 0) is 24.6 Å². The van der Waals surface area contributed by atoms with Crippen LogP contribution in [0.4, 0.5) is 11.6 Å². The molecule has 2 aromatic rings. The minimum Gasteiger partial charge on any atom is -0.373 e. The summed E-state index contributed by atoms with van der Waals surface area (Å²) in [6.45, 7) is 3.68. The zero-order chi connectivity index (χ0) is 12.1. The Morgan fingerprint density at radius 3 is 2.82 bits per heavy atom. The van der Waals surface area contributed by atoms with E-state index in [2.05, 4.69) is 20.7 Å². The third kappa shape index (κ3) is 3.21. The second kappa shape index (κ2) is 5.34. The average molecular weight is 231 g/mol. The zero-order valence-corrected chi connectivity index (χ0v) is 10.1. The molecule has 0 aliphatic heterocycles. The van der Waals surface area contributed by atoms with E-state index in [9.17, 15) is 0 Å². The maximum absolute atomic E-state index is 4.38. The van der Waals surface area contributed by atoms with Crippen molar-refractivity contribution in [1.29, 1.82) is 0 Å². The molecule has 0 unspecified atom stereocenters. The predicted molar refractivity (Wildman–Crippen MR) is 69.2 cm³/mol. The van der Waals surface area contributed by atoms with Crippen molar-refractivity contribution in [2.75, 3.05) is 24.2 Å². The van der Waals surface area contributed by atoms with Crippen molar-refractivity contribution < 1.29 is 0 Å². The molecule has 0 fully saturated rings. The van der Waals surface area contributed by atoms with Crippen molar-refractivity contribution in [2.24, 2.45) is 0 Å². The highest BCUT2D eigenvalue weighted by Gasteiger charge is 1.96. The Labute approximate surface area is 101 Å². The standard InChI is InChI=1S/C12H17N5/c1-10-8-15-17(9-10)7-6-14-12-5-3-4-11(13-2)16-12/h3-5,8-9H,6-7H2,1-2H3,(H2,13,14,16). The van der Waals surface area contributed by atoms with Gasteiger partial charge in [-0.1, -0.05) is 6.07 Å². The third-order valence-electron chi connectivity index (χ3n) is 2.41. The molecular weight excluding hydrogens is 214 g/mol. The van der Waals surface area contributed by atoms with Crippen LogP contribution in [0, 0.1) is 6.92 Å². The summed E-state index contributed by atoms with van der Waals surface area (Å²) >= 11 is 0. The first-order valence-corrected chi connectivity index (χ1v) is 5.65. The Morgan fingerprint density at radius 2 is 2.12 bits per heavy atom. The second-order valence-corrected chi connectivity index (χ2v) is 3.87. The van der Waals surface area contributed by atoms with Gasteiger partial charge in [-0.25, -0.2) is 4.98 Å². The first-order valence-electron chi connectivity index (χ1n) is 5.65. The van der Waals surface area contributed by atoms with Crippen molar-refractivity contribution in [2.45, 2.75) is 13.5 Å². The molecule has 0 amide bonds. The number of anilines is 2. The molecule has 2 N–H and O–H groups in total. The van der Waals surface area contributed by atoms with Crippen molar-refractivity contribution in [3.8, 4) is 0 Å². The molecule has 5 heteroatoms. The van der Waals surface area contributed by atoms with E-state index in [1.54, 1.807) is 0 Å². The van der Waals surface area contributed by atoms with E-state index >= 15 is 0 Å². The quantitative estimate of drug-likeness (QED) is 0.823. The van der Waals surface area contributed by atoms with Gasteiger partial charge in [0.1, 0.15) is 11.6 Å². The molecule has 0 aromatic carbocycles. The van der Waals surface area contributed by atoms with Gasteiger partial charge in [-0.3, -0.25) is 4.68 Å². The molecule has 2 heterocycles. The van der Waals surface area contributed by atoms with Crippen LogP contribution in [-0.4, -0.2) is 28.4 Å². The van der Waals surface area contributed by atoms with Crippen LogP contribution < -0.4 is 10.6 Å². The van der Waals surface area contributed by atoms with Crippen LogP contribution in [0.15, 0.2) is 30.6 Å². The van der Waals surface area contributed by atoms with E-state index in [1.807, 2.05) is 49.2 Å². The smallest absolute Gasteiger partial charge is 0.128 e. The number of hydrogen-bond acceptors (Lipinski definition) is 4. The summed E-state index contributed by atoms with van der Waals surface area (Å²) < 4.78 is 1.92. The fourth-order valence-corrected chi connectivity index (χ4v) is 1.56. The van der Waals surface area contributed by atoms with Gasteiger partial charge in [0.2, 0.25) is 0 Å². The van der Waals surface area contributed by atoms with Crippen molar-refractivity contribution in [1.82, 2.24) is 14.8 Å². The molecule has 0 atom stereocenters. The van der Waals surface area contributed by atoms with Crippen LogP contribution in [0.1, 0.15) is 5.56 Å². The van der Waals surface area contributed by atoms with Gasteiger partial charge < -0.3 is 10.6 Å². The molecule has 0 radical (unpaired) electrons. The molecule has 17 heavy (non-hydrogen) atoms. The van der Waals surface area contributed by atoms with Gasteiger partial charge in [0, 0.05) is 19.8 Å². The summed E-state index contributed by atoms with van der Waals surface area (Å²) in [5.74, 6) is 1.74. The number of nitrogens with zero attached hydrogens (tertiary/aromatic N) is 3. The van der Waals surface area contributed by atoms with Crippen LogP contribution >= 0.6 is 0 Å². The van der Waals surface area contributed by atoms with Gasteiger partial charge in [0.05, 0.1) is 12.7 Å². The molecule has 0 spiro atoms. The molecule has 2 aromatic heterocycles. The first kappa shape index (κ1) is 11.4. The SMILES string of the molecule is CNc1cccc(NCCn2cc(C)cn2)n1. The molecule has 5 nitrogen and oxygen atoms in total. The summed E-state index contributed by atoms with van der Waals surface area (Å²) in [6, 6.07) is 5.86. The first-order chi connectivity index (χ1) is 8.28. The average Bonchev–Trinajstić information content (AvgIpc) is 2.75. The summed E-state index contributed by atoms with van der Waals surface area (Å²) in [7, 11) is 1.86. The molecule has 0 saturated carbocycles. The van der Waals surface area contributed by atoms with Gasteiger partial charge in [-0.2, -0.15) is 5.10 Å². The van der Waals surface area contributed by atoms with E-state index < -0.39 is 0 Å². The summed E-state index contributed by atoms with van der Waals surface area (Å²) in [4.78, 5) is 4.38. The lowest BCUT2D eigenvalue weighted by Gasteiger charge is -2.07. The maximum atomic E-state index is 4.38. The van der Waals surface area contributed by atoms with Gasteiger partial charge >= 0.3 is 0 Å². The second-order valence-electron chi connectivity index (χ2n) is 3.87. The summed E-state index contributed by atoms with van der Waals surface area (Å²) in [5.41, 5.74) is 1.18. The minimum atomic E-state index is 0.807. The lowest BCUT2D eigenvalue weighted by atomic mass is 10.4. The van der Waals surface area contributed by atoms with E-state index in [0.29, 0.717) is 0 Å². The molecule has 0 aliphatic rings. The number of hydrogen-bond donors (Lipinski definition) is 2. The maximum Gasteiger partial charge on any atom is 0.128 e. The fourth-order valence-electron chi connectivity index (χ4n) is 1.56. The Balaban J connectivity index is 1.85. The zero-order valence-electron chi connectivity index (χ0n) is 10.1.